The number of carbonyl (C=O) groups excluding carboxylic acids is 4. The van der Waals surface area contributed by atoms with Gasteiger partial charge in [-0.2, -0.15) is 0 Å². The van der Waals surface area contributed by atoms with Gasteiger partial charge in [-0.3, -0.25) is 19.3 Å². The first-order chi connectivity index (χ1) is 16.0. The van der Waals surface area contributed by atoms with Crippen LogP contribution >= 0.6 is 0 Å². The van der Waals surface area contributed by atoms with Crippen LogP contribution in [0.15, 0.2) is 42.5 Å². The quantitative estimate of drug-likeness (QED) is 0.484. The molecule has 1 saturated heterocycles. The molecule has 1 atom stereocenters. The number of ether oxygens (including phenoxy) is 3. The molecule has 0 aliphatic carbocycles. The summed E-state index contributed by atoms with van der Waals surface area (Å²) >= 11 is 0. The fraction of sp³-hybridized carbons (Fsp3) is 0.333. The van der Waals surface area contributed by atoms with Crippen LogP contribution in [-0.4, -0.2) is 61.1 Å². The summed E-state index contributed by atoms with van der Waals surface area (Å²) < 4.78 is 16.1. The highest BCUT2D eigenvalue weighted by molar-refractivity contribution is 6.22. The zero-order valence-electron chi connectivity index (χ0n) is 18.2. The SMILES string of the molecule is CCOc1ccccc1NC(=O)COC(=O)c1ccc2c(c1)C(=O)N(CC1CCCO1)C2=O. The first kappa shape index (κ1) is 22.5. The Kier molecular flexibility index (Phi) is 6.69. The van der Waals surface area contributed by atoms with Gasteiger partial charge in [0.15, 0.2) is 6.61 Å². The van der Waals surface area contributed by atoms with Crippen LogP contribution in [-0.2, 0) is 14.3 Å². The van der Waals surface area contributed by atoms with Crippen molar-refractivity contribution >= 4 is 29.4 Å². The van der Waals surface area contributed by atoms with Crippen molar-refractivity contribution in [1.82, 2.24) is 4.90 Å². The minimum Gasteiger partial charge on any atom is -0.492 e. The number of imide groups is 1. The Balaban J connectivity index is 1.37. The van der Waals surface area contributed by atoms with Crippen LogP contribution in [0.5, 0.6) is 5.75 Å². The van der Waals surface area contributed by atoms with Gasteiger partial charge in [-0.15, -0.1) is 0 Å². The van der Waals surface area contributed by atoms with Gasteiger partial charge in [0.25, 0.3) is 17.7 Å². The normalized spacial score (nSPS) is 17.1. The summed E-state index contributed by atoms with van der Waals surface area (Å²) in [5.41, 5.74) is 0.923. The average Bonchev–Trinajstić information content (AvgIpc) is 3.42. The van der Waals surface area contributed by atoms with Crippen molar-refractivity contribution in [2.24, 2.45) is 0 Å². The van der Waals surface area contributed by atoms with E-state index in [4.69, 9.17) is 14.2 Å². The van der Waals surface area contributed by atoms with Crippen molar-refractivity contribution in [2.45, 2.75) is 25.9 Å². The summed E-state index contributed by atoms with van der Waals surface area (Å²) in [6.45, 7) is 2.56. The second kappa shape index (κ2) is 9.83. The molecule has 2 aromatic carbocycles. The Bertz CT molecular complexity index is 1090. The number of carbonyl (C=O) groups is 4. The maximum atomic E-state index is 12.7. The molecule has 9 nitrogen and oxygen atoms in total. The Morgan fingerprint density at radius 2 is 1.91 bits per heavy atom. The summed E-state index contributed by atoms with van der Waals surface area (Å²) in [6.07, 6.45) is 1.53. The van der Waals surface area contributed by atoms with Crippen LogP contribution in [0.4, 0.5) is 5.69 Å². The van der Waals surface area contributed by atoms with Crippen LogP contribution < -0.4 is 10.1 Å². The van der Waals surface area contributed by atoms with Gasteiger partial charge in [0, 0.05) is 6.61 Å². The van der Waals surface area contributed by atoms with E-state index in [9.17, 15) is 19.2 Å². The molecule has 9 heteroatoms. The molecule has 4 rings (SSSR count). The molecule has 1 fully saturated rings. The van der Waals surface area contributed by atoms with Gasteiger partial charge in [0.05, 0.1) is 41.6 Å². The summed E-state index contributed by atoms with van der Waals surface area (Å²) in [7, 11) is 0. The molecule has 0 radical (unpaired) electrons. The van der Waals surface area contributed by atoms with Gasteiger partial charge in [-0.05, 0) is 50.1 Å². The zero-order chi connectivity index (χ0) is 23.4. The number of rotatable bonds is 8. The van der Waals surface area contributed by atoms with Crippen molar-refractivity contribution in [2.75, 3.05) is 31.7 Å². The number of amides is 3. The molecule has 2 heterocycles. The molecule has 33 heavy (non-hydrogen) atoms. The molecule has 0 saturated carbocycles. The maximum Gasteiger partial charge on any atom is 0.338 e. The van der Waals surface area contributed by atoms with Crippen molar-refractivity contribution in [1.29, 1.82) is 0 Å². The van der Waals surface area contributed by atoms with Gasteiger partial charge in [0.2, 0.25) is 0 Å². The third-order valence-electron chi connectivity index (χ3n) is 5.41. The van der Waals surface area contributed by atoms with E-state index in [1.807, 2.05) is 6.92 Å². The molecule has 2 aromatic rings. The number of fused-ring (bicyclic) bond motifs is 1. The van der Waals surface area contributed by atoms with Gasteiger partial charge in [0.1, 0.15) is 5.75 Å². The molecule has 2 aliphatic rings. The van der Waals surface area contributed by atoms with Crippen LogP contribution in [0.2, 0.25) is 0 Å². The van der Waals surface area contributed by atoms with E-state index in [0.717, 1.165) is 17.7 Å². The highest BCUT2D eigenvalue weighted by Gasteiger charge is 2.38. The minimum atomic E-state index is -0.774. The molecule has 3 amide bonds. The van der Waals surface area contributed by atoms with E-state index in [0.29, 0.717) is 24.7 Å². The van der Waals surface area contributed by atoms with Crippen molar-refractivity contribution in [3.63, 3.8) is 0 Å². The molecule has 0 bridgehead atoms. The van der Waals surface area contributed by atoms with Crippen molar-refractivity contribution < 1.29 is 33.4 Å². The van der Waals surface area contributed by atoms with Gasteiger partial charge >= 0.3 is 5.97 Å². The monoisotopic (exact) mass is 452 g/mol. The third kappa shape index (κ3) is 4.88. The van der Waals surface area contributed by atoms with Crippen molar-refractivity contribution in [3.8, 4) is 5.75 Å². The predicted molar refractivity (Wildman–Crippen MR) is 117 cm³/mol. The number of nitrogens with one attached hydrogen (secondary N) is 1. The zero-order valence-corrected chi connectivity index (χ0v) is 18.2. The fourth-order valence-electron chi connectivity index (χ4n) is 3.83. The van der Waals surface area contributed by atoms with Gasteiger partial charge < -0.3 is 19.5 Å². The van der Waals surface area contributed by atoms with E-state index in [-0.39, 0.29) is 29.3 Å². The highest BCUT2D eigenvalue weighted by Crippen LogP contribution is 2.27. The summed E-state index contributed by atoms with van der Waals surface area (Å²) in [5.74, 6) is -1.67. The maximum absolute atomic E-state index is 12.7. The van der Waals surface area contributed by atoms with E-state index in [1.54, 1.807) is 24.3 Å². The van der Waals surface area contributed by atoms with Crippen LogP contribution in [0, 0.1) is 0 Å². The number of anilines is 1. The number of hydrogen-bond donors (Lipinski definition) is 1. The Morgan fingerprint density at radius 1 is 1.12 bits per heavy atom. The lowest BCUT2D eigenvalue weighted by Crippen LogP contribution is -2.36. The van der Waals surface area contributed by atoms with Crippen LogP contribution in [0.3, 0.4) is 0 Å². The summed E-state index contributed by atoms with van der Waals surface area (Å²) in [5, 5.41) is 2.64. The standard InChI is InChI=1S/C24H24N2O7/c1-2-31-20-8-4-3-7-19(20)25-21(27)14-33-24(30)15-9-10-17-18(12-15)23(29)26(22(17)28)13-16-6-5-11-32-16/h3-4,7-10,12,16H,2,5-6,11,13-14H2,1H3,(H,25,27). The fourth-order valence-corrected chi connectivity index (χ4v) is 3.83. The number of nitrogens with zero attached hydrogens (tertiary/aromatic N) is 1. The second-order valence-corrected chi connectivity index (χ2v) is 7.67. The highest BCUT2D eigenvalue weighted by atomic mass is 16.5. The largest absolute Gasteiger partial charge is 0.492 e. The molecule has 1 unspecified atom stereocenters. The lowest BCUT2D eigenvalue weighted by Gasteiger charge is -2.17. The van der Waals surface area contributed by atoms with Crippen molar-refractivity contribution in [3.05, 3.63) is 59.2 Å². The van der Waals surface area contributed by atoms with Gasteiger partial charge in [-0.1, -0.05) is 12.1 Å². The number of esters is 1. The molecule has 2 aliphatic heterocycles. The summed E-state index contributed by atoms with van der Waals surface area (Å²) in [4.78, 5) is 51.2. The molecule has 0 aromatic heterocycles. The van der Waals surface area contributed by atoms with Crippen LogP contribution in [0.25, 0.3) is 0 Å². The first-order valence-corrected chi connectivity index (χ1v) is 10.8. The first-order valence-electron chi connectivity index (χ1n) is 10.8. The Morgan fingerprint density at radius 3 is 2.67 bits per heavy atom. The lowest BCUT2D eigenvalue weighted by molar-refractivity contribution is -0.119. The van der Waals surface area contributed by atoms with E-state index >= 15 is 0 Å². The number of para-hydroxylation sites is 2. The molecular formula is C24H24N2O7. The van der Waals surface area contributed by atoms with Gasteiger partial charge in [-0.25, -0.2) is 4.79 Å². The van der Waals surface area contributed by atoms with E-state index in [1.165, 1.54) is 18.2 Å². The molecule has 1 N–H and O–H groups in total. The number of benzene rings is 2. The summed E-state index contributed by atoms with van der Waals surface area (Å²) in [6, 6.07) is 11.1. The second-order valence-electron chi connectivity index (χ2n) is 7.67. The smallest absolute Gasteiger partial charge is 0.338 e. The molecule has 0 spiro atoms. The average molecular weight is 452 g/mol. The van der Waals surface area contributed by atoms with E-state index < -0.39 is 30.3 Å². The van der Waals surface area contributed by atoms with E-state index in [2.05, 4.69) is 5.32 Å². The Hall–Kier alpha value is -3.72. The lowest BCUT2D eigenvalue weighted by atomic mass is 10.1. The number of hydrogen-bond acceptors (Lipinski definition) is 7. The van der Waals surface area contributed by atoms with Crippen LogP contribution in [0.1, 0.15) is 50.8 Å². The third-order valence-corrected chi connectivity index (χ3v) is 5.41. The topological polar surface area (TPSA) is 111 Å². The predicted octanol–water partition coefficient (Wildman–Crippen LogP) is 2.66. The molecule has 172 valence electrons. The molecular weight excluding hydrogens is 428 g/mol. The Labute approximate surface area is 190 Å². The minimum absolute atomic E-state index is 0.0800.